The number of benzene rings is 2. The van der Waals surface area contributed by atoms with E-state index in [1.165, 1.54) is 18.0 Å². The molecule has 0 heterocycles. The Labute approximate surface area is 195 Å². The van der Waals surface area contributed by atoms with Crippen molar-refractivity contribution in [3.63, 3.8) is 0 Å². The van der Waals surface area contributed by atoms with Crippen molar-refractivity contribution in [1.29, 1.82) is 0 Å². The van der Waals surface area contributed by atoms with Crippen LogP contribution in [0.5, 0.6) is 0 Å². The molecule has 0 aliphatic carbocycles. The molecule has 7 nitrogen and oxygen atoms in total. The van der Waals surface area contributed by atoms with Crippen molar-refractivity contribution in [3.05, 3.63) is 64.2 Å². The van der Waals surface area contributed by atoms with Crippen molar-refractivity contribution in [3.8, 4) is 0 Å². The van der Waals surface area contributed by atoms with Crippen LogP contribution >= 0.6 is 11.6 Å². The van der Waals surface area contributed by atoms with Crippen molar-refractivity contribution < 1.29 is 18.0 Å². The van der Waals surface area contributed by atoms with Gasteiger partial charge in [-0.05, 0) is 43.5 Å². The lowest BCUT2D eigenvalue weighted by molar-refractivity contribution is -0.140. The largest absolute Gasteiger partial charge is 0.357 e. The predicted octanol–water partition coefficient (Wildman–Crippen LogP) is 3.28. The Morgan fingerprint density at radius 3 is 2.34 bits per heavy atom. The Hall–Kier alpha value is -2.58. The molecule has 1 unspecified atom stereocenters. The number of anilines is 1. The topological polar surface area (TPSA) is 86.8 Å². The molecule has 2 aromatic carbocycles. The third-order valence-corrected chi connectivity index (χ3v) is 6.74. The number of carbonyl (C=O) groups is 2. The lowest BCUT2D eigenvalue weighted by atomic mass is 10.1. The van der Waals surface area contributed by atoms with Crippen molar-refractivity contribution in [2.75, 3.05) is 24.2 Å². The van der Waals surface area contributed by atoms with E-state index in [-0.39, 0.29) is 12.5 Å². The third-order valence-electron chi connectivity index (χ3n) is 5.19. The molecular weight excluding hydrogens is 450 g/mol. The fourth-order valence-corrected chi connectivity index (χ4v) is 4.46. The van der Waals surface area contributed by atoms with E-state index < -0.39 is 28.5 Å². The van der Waals surface area contributed by atoms with Gasteiger partial charge in [-0.1, -0.05) is 54.4 Å². The second-order valence-corrected chi connectivity index (χ2v) is 10.1. The average molecular weight is 480 g/mol. The molecule has 0 fully saturated rings. The van der Waals surface area contributed by atoms with Crippen LogP contribution < -0.4 is 9.62 Å². The molecule has 174 valence electrons. The molecule has 1 atom stereocenters. The van der Waals surface area contributed by atoms with Gasteiger partial charge in [0.25, 0.3) is 0 Å². The minimum atomic E-state index is -3.79. The summed E-state index contributed by atoms with van der Waals surface area (Å²) in [5, 5.41) is 3.00. The van der Waals surface area contributed by atoms with Crippen LogP contribution in [0.4, 0.5) is 5.69 Å². The number of amides is 2. The van der Waals surface area contributed by atoms with E-state index in [1.54, 1.807) is 19.1 Å². The van der Waals surface area contributed by atoms with Gasteiger partial charge in [0, 0.05) is 18.6 Å². The standard InChI is InChI=1S/C23H30ClN3O4S/c1-6-21(23(29)25-4)26(14-18-9-7-8-16(2)12-18)22(28)15-27(32(5,30)31)19-11-10-17(3)20(24)13-19/h7-13,21H,6,14-15H2,1-5H3,(H,25,29). The fraction of sp³-hybridized carbons (Fsp3) is 0.391. The van der Waals surface area contributed by atoms with Crippen LogP contribution in [0.25, 0.3) is 0 Å². The molecule has 1 N–H and O–H groups in total. The van der Waals surface area contributed by atoms with E-state index in [9.17, 15) is 18.0 Å². The van der Waals surface area contributed by atoms with Crippen LogP contribution in [0.1, 0.15) is 30.0 Å². The van der Waals surface area contributed by atoms with Crippen molar-refractivity contribution in [1.82, 2.24) is 10.2 Å². The van der Waals surface area contributed by atoms with Gasteiger partial charge in [0.2, 0.25) is 21.8 Å². The summed E-state index contributed by atoms with van der Waals surface area (Å²) in [5.74, 6) is -0.790. The first kappa shape index (κ1) is 25.7. The van der Waals surface area contributed by atoms with Gasteiger partial charge in [0.05, 0.1) is 11.9 Å². The number of carbonyl (C=O) groups excluding carboxylic acids is 2. The highest BCUT2D eigenvalue weighted by Gasteiger charge is 2.31. The van der Waals surface area contributed by atoms with Gasteiger partial charge in [-0.25, -0.2) is 8.42 Å². The summed E-state index contributed by atoms with van der Waals surface area (Å²) < 4.78 is 26.1. The minimum Gasteiger partial charge on any atom is -0.357 e. The molecule has 9 heteroatoms. The van der Waals surface area contributed by atoms with E-state index >= 15 is 0 Å². The highest BCUT2D eigenvalue weighted by atomic mass is 35.5. The van der Waals surface area contributed by atoms with Gasteiger partial charge in [-0.3, -0.25) is 13.9 Å². The van der Waals surface area contributed by atoms with E-state index in [1.807, 2.05) is 38.1 Å². The van der Waals surface area contributed by atoms with Crippen LogP contribution in [0, 0.1) is 13.8 Å². The summed E-state index contributed by atoms with van der Waals surface area (Å²) in [6.45, 7) is 5.29. The summed E-state index contributed by atoms with van der Waals surface area (Å²) in [4.78, 5) is 27.4. The van der Waals surface area contributed by atoms with Gasteiger partial charge in [-0.15, -0.1) is 0 Å². The predicted molar refractivity (Wildman–Crippen MR) is 128 cm³/mol. The van der Waals surface area contributed by atoms with Crippen molar-refractivity contribution >= 4 is 39.1 Å². The second kappa shape index (κ2) is 10.8. The maximum atomic E-state index is 13.4. The molecule has 2 aromatic rings. The summed E-state index contributed by atoms with van der Waals surface area (Å²) in [6, 6.07) is 11.7. The van der Waals surface area contributed by atoms with Gasteiger partial charge >= 0.3 is 0 Å². The Balaban J connectivity index is 2.45. The first-order valence-corrected chi connectivity index (χ1v) is 12.5. The van der Waals surface area contributed by atoms with Crippen LogP contribution in [-0.2, 0) is 26.2 Å². The van der Waals surface area contributed by atoms with E-state index in [2.05, 4.69) is 5.32 Å². The SMILES string of the molecule is CCC(C(=O)NC)N(Cc1cccc(C)c1)C(=O)CN(c1ccc(C)c(Cl)c1)S(C)(=O)=O. The molecule has 0 aliphatic rings. The lowest BCUT2D eigenvalue weighted by Crippen LogP contribution is -2.51. The monoisotopic (exact) mass is 479 g/mol. The number of hydrogen-bond donors (Lipinski definition) is 1. The number of rotatable bonds is 9. The number of likely N-dealkylation sites (N-methyl/N-ethyl adjacent to an activating group) is 1. The highest BCUT2D eigenvalue weighted by Crippen LogP contribution is 2.25. The minimum absolute atomic E-state index is 0.179. The van der Waals surface area contributed by atoms with Gasteiger partial charge < -0.3 is 10.2 Å². The summed E-state index contributed by atoms with van der Waals surface area (Å²) in [7, 11) is -2.28. The summed E-state index contributed by atoms with van der Waals surface area (Å²) in [5.41, 5.74) is 2.96. The van der Waals surface area contributed by atoms with Crippen LogP contribution in [0.15, 0.2) is 42.5 Å². The number of halogens is 1. The van der Waals surface area contributed by atoms with E-state index in [0.717, 1.165) is 27.3 Å². The molecule has 0 spiro atoms. The third kappa shape index (κ3) is 6.46. The molecule has 0 radical (unpaired) electrons. The van der Waals surface area contributed by atoms with E-state index in [0.29, 0.717) is 17.1 Å². The smallest absolute Gasteiger partial charge is 0.244 e. The van der Waals surface area contributed by atoms with Gasteiger partial charge in [0.1, 0.15) is 12.6 Å². The molecule has 0 aliphatic heterocycles. The molecule has 0 saturated heterocycles. The quantitative estimate of drug-likeness (QED) is 0.598. The zero-order valence-electron chi connectivity index (χ0n) is 19.1. The van der Waals surface area contributed by atoms with Gasteiger partial charge in [0.15, 0.2) is 0 Å². The maximum absolute atomic E-state index is 13.4. The zero-order chi connectivity index (χ0) is 24.1. The number of nitrogens with one attached hydrogen (secondary N) is 1. The highest BCUT2D eigenvalue weighted by molar-refractivity contribution is 7.92. The summed E-state index contributed by atoms with van der Waals surface area (Å²) in [6.07, 6.45) is 1.42. The number of hydrogen-bond acceptors (Lipinski definition) is 4. The number of aryl methyl sites for hydroxylation is 2. The molecule has 0 aromatic heterocycles. The Kier molecular flexibility index (Phi) is 8.69. The van der Waals surface area contributed by atoms with Crippen LogP contribution in [-0.4, -0.2) is 51.0 Å². The number of nitrogens with zero attached hydrogens (tertiary/aromatic N) is 2. The van der Waals surface area contributed by atoms with Crippen molar-refractivity contribution in [2.45, 2.75) is 39.8 Å². The molecule has 2 amide bonds. The molecule has 0 bridgehead atoms. The normalized spacial score (nSPS) is 12.2. The Morgan fingerprint density at radius 2 is 1.81 bits per heavy atom. The molecule has 32 heavy (non-hydrogen) atoms. The maximum Gasteiger partial charge on any atom is 0.244 e. The Morgan fingerprint density at radius 1 is 1.12 bits per heavy atom. The van der Waals surface area contributed by atoms with Crippen molar-refractivity contribution in [2.24, 2.45) is 0 Å². The van der Waals surface area contributed by atoms with Crippen LogP contribution in [0.2, 0.25) is 5.02 Å². The van der Waals surface area contributed by atoms with Crippen LogP contribution in [0.3, 0.4) is 0 Å². The average Bonchev–Trinajstić information content (AvgIpc) is 2.72. The number of sulfonamides is 1. The summed E-state index contributed by atoms with van der Waals surface area (Å²) >= 11 is 6.19. The zero-order valence-corrected chi connectivity index (χ0v) is 20.6. The molecular formula is C23H30ClN3O4S. The fourth-order valence-electron chi connectivity index (χ4n) is 3.44. The lowest BCUT2D eigenvalue weighted by Gasteiger charge is -2.32. The first-order chi connectivity index (χ1) is 15.0. The van der Waals surface area contributed by atoms with E-state index in [4.69, 9.17) is 11.6 Å². The molecule has 0 saturated carbocycles. The second-order valence-electron chi connectivity index (χ2n) is 7.75. The van der Waals surface area contributed by atoms with Gasteiger partial charge in [-0.2, -0.15) is 0 Å². The molecule has 2 rings (SSSR count). The Bertz CT molecular complexity index is 1090. The first-order valence-electron chi connectivity index (χ1n) is 10.3.